The van der Waals surface area contributed by atoms with E-state index < -0.39 is 22.1 Å². The summed E-state index contributed by atoms with van der Waals surface area (Å²) >= 11 is 0. The summed E-state index contributed by atoms with van der Waals surface area (Å²) in [5.74, 6) is -0.863. The highest BCUT2D eigenvalue weighted by Crippen LogP contribution is 2.23. The predicted octanol–water partition coefficient (Wildman–Crippen LogP) is 1.000. The van der Waals surface area contributed by atoms with Crippen molar-refractivity contribution in [3.8, 4) is 5.75 Å². The number of halogens is 3. The Kier molecular flexibility index (Phi) is 5.55. The zero-order valence-corrected chi connectivity index (χ0v) is 11.7. The summed E-state index contributed by atoms with van der Waals surface area (Å²) in [7, 11) is -2.48. The van der Waals surface area contributed by atoms with Gasteiger partial charge in [-0.3, -0.25) is 4.79 Å². The number of hydrogen-bond donors (Lipinski definition) is 2. The fraction of sp³-hybridized carbons (Fsp3) is 0.364. The molecule has 21 heavy (non-hydrogen) atoms. The van der Waals surface area contributed by atoms with Crippen LogP contribution in [0.5, 0.6) is 5.75 Å². The van der Waals surface area contributed by atoms with Gasteiger partial charge in [-0.1, -0.05) is 0 Å². The van der Waals surface area contributed by atoms with Crippen molar-refractivity contribution in [1.29, 1.82) is 0 Å². The van der Waals surface area contributed by atoms with Crippen molar-refractivity contribution in [2.75, 3.05) is 13.6 Å². The molecule has 0 saturated carbocycles. The Morgan fingerprint density at radius 1 is 1.24 bits per heavy atom. The third-order valence-corrected chi connectivity index (χ3v) is 3.77. The molecule has 6 nitrogen and oxygen atoms in total. The summed E-state index contributed by atoms with van der Waals surface area (Å²) in [6.45, 7) is -0.122. The number of hydrogen-bond acceptors (Lipinski definition) is 4. The van der Waals surface area contributed by atoms with E-state index in [2.05, 4.69) is 14.8 Å². The molecule has 1 rings (SSSR count). The molecule has 0 bridgehead atoms. The van der Waals surface area contributed by atoms with Crippen molar-refractivity contribution in [2.24, 2.45) is 0 Å². The molecule has 1 aromatic rings. The number of sulfonamides is 1. The van der Waals surface area contributed by atoms with Crippen LogP contribution in [-0.2, 0) is 14.8 Å². The molecule has 0 spiro atoms. The minimum Gasteiger partial charge on any atom is -0.406 e. The van der Waals surface area contributed by atoms with Gasteiger partial charge in [0.05, 0.1) is 4.90 Å². The maximum absolute atomic E-state index is 12.0. The summed E-state index contributed by atoms with van der Waals surface area (Å²) in [6, 6.07) is 3.73. The van der Waals surface area contributed by atoms with Crippen molar-refractivity contribution in [3.63, 3.8) is 0 Å². The summed E-state index contributed by atoms with van der Waals surface area (Å²) < 4.78 is 65.3. The molecule has 0 heterocycles. The largest absolute Gasteiger partial charge is 0.573 e. The second kappa shape index (κ2) is 6.76. The minimum atomic E-state index is -4.84. The van der Waals surface area contributed by atoms with Gasteiger partial charge in [0.25, 0.3) is 0 Å². The Balaban J connectivity index is 2.69. The number of amides is 1. The first-order valence-electron chi connectivity index (χ1n) is 5.70. The number of carbonyl (C=O) groups is 1. The first-order chi connectivity index (χ1) is 9.64. The smallest absolute Gasteiger partial charge is 0.406 e. The van der Waals surface area contributed by atoms with Crippen LogP contribution in [-0.4, -0.2) is 34.3 Å². The first kappa shape index (κ1) is 17.2. The van der Waals surface area contributed by atoms with E-state index in [9.17, 15) is 26.4 Å². The second-order valence-electron chi connectivity index (χ2n) is 3.84. The van der Waals surface area contributed by atoms with Crippen molar-refractivity contribution < 1.29 is 31.1 Å². The van der Waals surface area contributed by atoms with Crippen molar-refractivity contribution in [3.05, 3.63) is 24.3 Å². The molecule has 10 heteroatoms. The van der Waals surface area contributed by atoms with Crippen LogP contribution in [0.15, 0.2) is 29.2 Å². The molecular weight excluding hydrogens is 313 g/mol. The lowest BCUT2D eigenvalue weighted by atomic mass is 10.3. The fourth-order valence-electron chi connectivity index (χ4n) is 1.33. The Morgan fingerprint density at radius 2 is 1.81 bits per heavy atom. The number of rotatable bonds is 6. The van der Waals surface area contributed by atoms with E-state index in [-0.39, 0.29) is 23.8 Å². The predicted molar refractivity (Wildman–Crippen MR) is 67.0 cm³/mol. The molecule has 0 radical (unpaired) electrons. The van der Waals surface area contributed by atoms with Gasteiger partial charge in [-0.25, -0.2) is 13.1 Å². The first-order valence-corrected chi connectivity index (χ1v) is 7.18. The number of alkyl halides is 3. The molecule has 1 amide bonds. The van der Waals surface area contributed by atoms with E-state index in [0.717, 1.165) is 24.3 Å². The van der Waals surface area contributed by atoms with Crippen LogP contribution in [0.2, 0.25) is 0 Å². The summed E-state index contributed by atoms with van der Waals surface area (Å²) in [6.07, 6.45) is -4.89. The fourth-order valence-corrected chi connectivity index (χ4v) is 2.36. The molecular formula is C11H13F3N2O4S. The number of benzene rings is 1. The van der Waals surface area contributed by atoms with Crippen LogP contribution in [0, 0.1) is 0 Å². The third-order valence-electron chi connectivity index (χ3n) is 2.29. The van der Waals surface area contributed by atoms with Crippen LogP contribution in [0.1, 0.15) is 6.42 Å². The maximum Gasteiger partial charge on any atom is 0.573 e. The molecule has 0 fully saturated rings. The van der Waals surface area contributed by atoms with Gasteiger partial charge in [-0.05, 0) is 24.3 Å². The van der Waals surface area contributed by atoms with Gasteiger partial charge in [0.15, 0.2) is 0 Å². The molecule has 0 saturated heterocycles. The van der Waals surface area contributed by atoms with Crippen LogP contribution < -0.4 is 14.8 Å². The SMILES string of the molecule is CNC(=O)CCNS(=O)(=O)c1ccc(OC(F)(F)F)cc1. The van der Waals surface area contributed by atoms with E-state index in [0.29, 0.717) is 0 Å². The van der Waals surface area contributed by atoms with E-state index in [1.807, 2.05) is 0 Å². The maximum atomic E-state index is 12.0. The Labute approximate surface area is 119 Å². The topological polar surface area (TPSA) is 84.5 Å². The summed E-state index contributed by atoms with van der Waals surface area (Å²) in [5, 5.41) is 2.32. The normalized spacial score (nSPS) is 12.0. The monoisotopic (exact) mass is 326 g/mol. The number of nitrogens with one attached hydrogen (secondary N) is 2. The van der Waals surface area contributed by atoms with Crippen molar-refractivity contribution >= 4 is 15.9 Å². The molecule has 0 atom stereocenters. The van der Waals surface area contributed by atoms with Crippen LogP contribution in [0.25, 0.3) is 0 Å². The van der Waals surface area contributed by atoms with Gasteiger partial charge in [0.1, 0.15) is 5.75 Å². The van der Waals surface area contributed by atoms with Crippen LogP contribution in [0.4, 0.5) is 13.2 Å². The lowest BCUT2D eigenvalue weighted by molar-refractivity contribution is -0.274. The van der Waals surface area contributed by atoms with Crippen molar-refractivity contribution in [2.45, 2.75) is 17.7 Å². The number of ether oxygens (including phenoxy) is 1. The lowest BCUT2D eigenvalue weighted by Crippen LogP contribution is -2.29. The standard InChI is InChI=1S/C11H13F3N2O4S/c1-15-10(17)6-7-16-21(18,19)9-4-2-8(3-5-9)20-11(12,13)14/h2-5,16H,6-7H2,1H3,(H,15,17). The van der Waals surface area contributed by atoms with Crippen molar-refractivity contribution in [1.82, 2.24) is 10.0 Å². The Bertz CT molecular complexity index is 584. The third kappa shape index (κ3) is 6.00. The molecule has 0 unspecified atom stereocenters. The van der Waals surface area contributed by atoms with E-state index in [1.165, 1.54) is 7.05 Å². The van der Waals surface area contributed by atoms with E-state index in [4.69, 9.17) is 0 Å². The molecule has 0 aromatic heterocycles. The molecule has 0 aliphatic rings. The average molecular weight is 326 g/mol. The van der Waals surface area contributed by atoms with Gasteiger partial charge in [0.2, 0.25) is 15.9 Å². The zero-order valence-electron chi connectivity index (χ0n) is 10.9. The molecule has 2 N–H and O–H groups in total. The highest BCUT2D eigenvalue weighted by Gasteiger charge is 2.31. The molecule has 118 valence electrons. The highest BCUT2D eigenvalue weighted by atomic mass is 32.2. The van der Waals surface area contributed by atoms with Crippen LogP contribution in [0.3, 0.4) is 0 Å². The van der Waals surface area contributed by atoms with Gasteiger partial charge >= 0.3 is 6.36 Å². The Hall–Kier alpha value is -1.81. The van der Waals surface area contributed by atoms with Gasteiger partial charge in [-0.15, -0.1) is 13.2 Å². The quantitative estimate of drug-likeness (QED) is 0.817. The van der Waals surface area contributed by atoms with E-state index >= 15 is 0 Å². The minimum absolute atomic E-state index is 0.0506. The van der Waals surface area contributed by atoms with Gasteiger partial charge in [-0.2, -0.15) is 0 Å². The van der Waals surface area contributed by atoms with Crippen LogP contribution >= 0.6 is 0 Å². The zero-order chi connectivity index (χ0) is 16.1. The highest BCUT2D eigenvalue weighted by molar-refractivity contribution is 7.89. The molecule has 0 aliphatic heterocycles. The second-order valence-corrected chi connectivity index (χ2v) is 5.61. The summed E-state index contributed by atoms with van der Waals surface area (Å²) in [5.41, 5.74) is 0. The molecule has 0 aliphatic carbocycles. The molecule has 1 aromatic carbocycles. The van der Waals surface area contributed by atoms with Gasteiger partial charge in [0, 0.05) is 20.0 Å². The number of carbonyl (C=O) groups excluding carboxylic acids is 1. The van der Waals surface area contributed by atoms with Gasteiger partial charge < -0.3 is 10.1 Å². The summed E-state index contributed by atoms with van der Waals surface area (Å²) in [4.78, 5) is 10.7. The van der Waals surface area contributed by atoms with E-state index in [1.54, 1.807) is 0 Å². The lowest BCUT2D eigenvalue weighted by Gasteiger charge is -2.10. The average Bonchev–Trinajstić information content (AvgIpc) is 2.37. The Morgan fingerprint density at radius 3 is 2.29 bits per heavy atom.